The molecule has 24 heavy (non-hydrogen) atoms. The van der Waals surface area contributed by atoms with E-state index in [1.807, 2.05) is 12.1 Å². The Morgan fingerprint density at radius 2 is 2.12 bits per heavy atom. The van der Waals surface area contributed by atoms with Crippen molar-refractivity contribution in [2.45, 2.75) is 46.0 Å². The number of guanidine groups is 1. The summed E-state index contributed by atoms with van der Waals surface area (Å²) in [4.78, 5) is 9.31. The minimum Gasteiger partial charge on any atom is -0.469 e. The molecule has 0 fully saturated rings. The van der Waals surface area contributed by atoms with Gasteiger partial charge in [0.15, 0.2) is 5.96 Å². The Labute approximate surface area is 148 Å². The molecular weight excluding hydrogens is 320 g/mol. The van der Waals surface area contributed by atoms with Gasteiger partial charge in [-0.2, -0.15) is 0 Å². The maximum atomic E-state index is 5.33. The highest BCUT2D eigenvalue weighted by Gasteiger charge is 2.17. The molecule has 0 saturated carbocycles. The van der Waals surface area contributed by atoms with E-state index < -0.39 is 0 Å². The molecule has 0 radical (unpaired) electrons. The van der Waals surface area contributed by atoms with Crippen molar-refractivity contribution in [1.82, 2.24) is 15.6 Å². The van der Waals surface area contributed by atoms with Crippen molar-refractivity contribution in [3.05, 3.63) is 40.2 Å². The van der Waals surface area contributed by atoms with Crippen molar-refractivity contribution in [1.29, 1.82) is 0 Å². The molecule has 132 valence electrons. The van der Waals surface area contributed by atoms with E-state index in [1.165, 1.54) is 5.01 Å². The van der Waals surface area contributed by atoms with Crippen LogP contribution in [0.2, 0.25) is 0 Å². The molecule has 2 rings (SSSR count). The van der Waals surface area contributed by atoms with Crippen LogP contribution >= 0.6 is 11.3 Å². The van der Waals surface area contributed by atoms with Crippen molar-refractivity contribution >= 4 is 17.3 Å². The monoisotopic (exact) mass is 348 g/mol. The summed E-state index contributed by atoms with van der Waals surface area (Å²) in [6.07, 6.45) is 3.40. The molecule has 5 nitrogen and oxygen atoms in total. The van der Waals surface area contributed by atoms with Gasteiger partial charge in [0.1, 0.15) is 5.76 Å². The van der Waals surface area contributed by atoms with Crippen LogP contribution in [0.1, 0.15) is 44.2 Å². The van der Waals surface area contributed by atoms with Gasteiger partial charge in [-0.05, 0) is 19.1 Å². The van der Waals surface area contributed by atoms with Crippen molar-refractivity contribution in [2.75, 3.05) is 19.6 Å². The maximum Gasteiger partial charge on any atom is 0.191 e. The first-order valence-corrected chi connectivity index (χ1v) is 9.36. The van der Waals surface area contributed by atoms with E-state index in [-0.39, 0.29) is 5.41 Å². The fourth-order valence-electron chi connectivity index (χ4n) is 2.15. The third-order valence-corrected chi connectivity index (χ3v) is 4.74. The standard InChI is InChI=1S/C18H28N4OS/c1-5-19-17(21-11-9-15-7-6-12-23-15)20-10-8-14-13-24-16(22-14)18(2,3)4/h6-7,12-13H,5,8-11H2,1-4H3,(H2,19,20,21). The Hall–Kier alpha value is -1.82. The molecule has 2 aromatic rings. The van der Waals surface area contributed by atoms with Gasteiger partial charge < -0.3 is 15.1 Å². The van der Waals surface area contributed by atoms with Crippen molar-refractivity contribution in [2.24, 2.45) is 4.99 Å². The molecule has 0 spiro atoms. The van der Waals surface area contributed by atoms with Crippen molar-refractivity contribution in [3.63, 3.8) is 0 Å². The summed E-state index contributed by atoms with van der Waals surface area (Å²) in [5.41, 5.74) is 1.27. The third-order valence-electron chi connectivity index (χ3n) is 3.42. The van der Waals surface area contributed by atoms with Gasteiger partial charge in [0.25, 0.3) is 0 Å². The number of rotatable bonds is 7. The van der Waals surface area contributed by atoms with Crippen LogP contribution < -0.4 is 10.6 Å². The van der Waals surface area contributed by atoms with Crippen LogP contribution in [0.15, 0.2) is 33.2 Å². The number of aliphatic imine (C=N–C) groups is 1. The van der Waals surface area contributed by atoms with Crippen LogP contribution in [0.5, 0.6) is 0 Å². The van der Waals surface area contributed by atoms with E-state index in [0.717, 1.165) is 43.3 Å². The van der Waals surface area contributed by atoms with Gasteiger partial charge in [-0.1, -0.05) is 20.8 Å². The van der Waals surface area contributed by atoms with E-state index in [9.17, 15) is 0 Å². The van der Waals surface area contributed by atoms with Crippen LogP contribution in [0, 0.1) is 0 Å². The summed E-state index contributed by atoms with van der Waals surface area (Å²) in [5, 5.41) is 9.99. The summed E-state index contributed by atoms with van der Waals surface area (Å²) >= 11 is 1.74. The summed E-state index contributed by atoms with van der Waals surface area (Å²) in [7, 11) is 0. The molecule has 2 heterocycles. The molecule has 0 bridgehead atoms. The molecule has 0 aliphatic heterocycles. The quantitative estimate of drug-likeness (QED) is 0.595. The second-order valence-corrected chi connectivity index (χ2v) is 7.52. The Morgan fingerprint density at radius 3 is 2.75 bits per heavy atom. The molecule has 6 heteroatoms. The minimum atomic E-state index is 0.124. The Kier molecular flexibility index (Phi) is 6.85. The topological polar surface area (TPSA) is 62.5 Å². The lowest BCUT2D eigenvalue weighted by Crippen LogP contribution is -2.38. The zero-order valence-corrected chi connectivity index (χ0v) is 15.9. The average molecular weight is 349 g/mol. The number of nitrogens with zero attached hydrogens (tertiary/aromatic N) is 2. The number of furan rings is 1. The highest BCUT2D eigenvalue weighted by molar-refractivity contribution is 7.09. The lowest BCUT2D eigenvalue weighted by molar-refractivity contribution is 0.510. The average Bonchev–Trinajstić information content (AvgIpc) is 3.18. The number of nitrogens with one attached hydrogen (secondary N) is 2. The van der Waals surface area contributed by atoms with E-state index >= 15 is 0 Å². The van der Waals surface area contributed by atoms with Gasteiger partial charge in [-0.15, -0.1) is 11.3 Å². The summed E-state index contributed by atoms with van der Waals surface area (Å²) in [6.45, 7) is 11.0. The third kappa shape index (κ3) is 6.00. The van der Waals surface area contributed by atoms with Crippen LogP contribution in [-0.4, -0.2) is 30.6 Å². The molecule has 0 aromatic carbocycles. The predicted octanol–water partition coefficient (Wildman–Crippen LogP) is 3.37. The molecule has 0 aliphatic rings. The van der Waals surface area contributed by atoms with E-state index in [4.69, 9.17) is 9.40 Å². The minimum absolute atomic E-state index is 0.124. The van der Waals surface area contributed by atoms with E-state index in [2.05, 4.69) is 48.7 Å². The summed E-state index contributed by atoms with van der Waals surface area (Å²) < 4.78 is 5.33. The van der Waals surface area contributed by atoms with Crippen molar-refractivity contribution in [3.8, 4) is 0 Å². The Bertz CT molecular complexity index is 626. The fraction of sp³-hybridized carbons (Fsp3) is 0.556. The number of aromatic nitrogens is 1. The summed E-state index contributed by atoms with van der Waals surface area (Å²) in [6, 6.07) is 3.88. The molecule has 0 amide bonds. The normalized spacial score (nSPS) is 12.4. The maximum absolute atomic E-state index is 5.33. The first-order valence-electron chi connectivity index (χ1n) is 8.48. The molecule has 0 unspecified atom stereocenters. The van der Waals surface area contributed by atoms with Gasteiger partial charge in [-0.25, -0.2) is 4.98 Å². The van der Waals surface area contributed by atoms with Crippen LogP contribution in [0.25, 0.3) is 0 Å². The van der Waals surface area contributed by atoms with Crippen LogP contribution in [0.3, 0.4) is 0 Å². The molecule has 0 atom stereocenters. The lowest BCUT2D eigenvalue weighted by Gasteiger charge is -2.13. The van der Waals surface area contributed by atoms with Crippen LogP contribution in [0.4, 0.5) is 0 Å². The number of hydrogen-bond donors (Lipinski definition) is 2. The SMILES string of the molecule is CCNC(=NCCc1ccco1)NCCc1csc(C(C)(C)C)n1. The van der Waals surface area contributed by atoms with E-state index in [0.29, 0.717) is 6.54 Å². The molecule has 0 aliphatic carbocycles. The fourth-order valence-corrected chi connectivity index (χ4v) is 3.09. The number of thiazole rings is 1. The number of hydrogen-bond acceptors (Lipinski definition) is 4. The first-order chi connectivity index (χ1) is 11.5. The van der Waals surface area contributed by atoms with Gasteiger partial charge in [-0.3, -0.25) is 4.99 Å². The van der Waals surface area contributed by atoms with Crippen LogP contribution in [-0.2, 0) is 18.3 Å². The van der Waals surface area contributed by atoms with Gasteiger partial charge >= 0.3 is 0 Å². The second kappa shape index (κ2) is 8.87. The molecule has 2 aromatic heterocycles. The highest BCUT2D eigenvalue weighted by Crippen LogP contribution is 2.25. The van der Waals surface area contributed by atoms with E-state index in [1.54, 1.807) is 17.6 Å². The first kappa shape index (κ1) is 18.5. The largest absolute Gasteiger partial charge is 0.469 e. The molecular formula is C18H28N4OS. The highest BCUT2D eigenvalue weighted by atomic mass is 32.1. The van der Waals surface area contributed by atoms with Gasteiger partial charge in [0.2, 0.25) is 0 Å². The molecule has 0 saturated heterocycles. The predicted molar refractivity (Wildman–Crippen MR) is 101 cm³/mol. The van der Waals surface area contributed by atoms with Gasteiger partial charge in [0.05, 0.1) is 17.0 Å². The zero-order chi connectivity index (χ0) is 17.4. The van der Waals surface area contributed by atoms with Gasteiger partial charge in [0, 0.05) is 43.3 Å². The lowest BCUT2D eigenvalue weighted by atomic mass is 9.98. The van der Waals surface area contributed by atoms with Crippen molar-refractivity contribution < 1.29 is 4.42 Å². The second-order valence-electron chi connectivity index (χ2n) is 6.66. The Balaban J connectivity index is 1.79. The summed E-state index contributed by atoms with van der Waals surface area (Å²) in [5.74, 6) is 1.81. The zero-order valence-electron chi connectivity index (χ0n) is 15.1. The Morgan fingerprint density at radius 1 is 1.29 bits per heavy atom. The smallest absolute Gasteiger partial charge is 0.191 e. The molecule has 2 N–H and O–H groups in total.